The number of hydrogen-bond donors (Lipinski definition) is 3. The predicted molar refractivity (Wildman–Crippen MR) is 73.8 cm³/mol. The smallest absolute Gasteiger partial charge is 0.329 e. The fraction of sp³-hybridized carbons (Fsp3) is 0.462. The van der Waals surface area contributed by atoms with E-state index in [1.54, 1.807) is 0 Å². The average molecular weight is 269 g/mol. The van der Waals surface area contributed by atoms with Gasteiger partial charge in [0.1, 0.15) is 0 Å². The largest absolute Gasteiger partial charge is 0.480 e. The summed E-state index contributed by atoms with van der Waals surface area (Å²) in [5.41, 5.74) is -0.347. The van der Waals surface area contributed by atoms with Gasteiger partial charge in [0.25, 0.3) is 0 Å². The Morgan fingerprint density at radius 2 is 2.06 bits per heavy atom. The van der Waals surface area contributed by atoms with E-state index >= 15 is 0 Å². The Bertz CT molecular complexity index is 372. The number of carboxylic acid groups (broad SMARTS) is 1. The predicted octanol–water partition coefficient (Wildman–Crippen LogP) is 1.30. The molecule has 1 aromatic carbocycles. The van der Waals surface area contributed by atoms with Crippen LogP contribution in [0.15, 0.2) is 30.3 Å². The van der Waals surface area contributed by atoms with E-state index in [0.29, 0.717) is 18.1 Å². The summed E-state index contributed by atoms with van der Waals surface area (Å²) in [5, 5.41) is 21.5. The van der Waals surface area contributed by atoms with E-state index in [9.17, 15) is 9.90 Å². The molecule has 0 bridgehead atoms. The molecule has 1 atom stereocenters. The molecule has 1 aromatic rings. The summed E-state index contributed by atoms with van der Waals surface area (Å²) < 4.78 is 0. The van der Waals surface area contributed by atoms with Crippen molar-refractivity contribution in [2.75, 3.05) is 24.7 Å². The van der Waals surface area contributed by atoms with Gasteiger partial charge in [-0.2, -0.15) is 11.8 Å². The topological polar surface area (TPSA) is 69.6 Å². The summed E-state index contributed by atoms with van der Waals surface area (Å²) >= 11 is 1.43. The third-order valence-electron chi connectivity index (χ3n) is 2.66. The Balaban J connectivity index is 3.01. The molecule has 0 spiro atoms. The van der Waals surface area contributed by atoms with Gasteiger partial charge >= 0.3 is 5.97 Å². The van der Waals surface area contributed by atoms with Gasteiger partial charge in [-0.25, -0.2) is 4.79 Å². The lowest BCUT2D eigenvalue weighted by atomic mass is 9.92. The molecule has 0 aliphatic carbocycles. The molecule has 1 rings (SSSR count). The molecule has 18 heavy (non-hydrogen) atoms. The van der Waals surface area contributed by atoms with Crippen LogP contribution in [0.5, 0.6) is 0 Å². The van der Waals surface area contributed by atoms with Crippen molar-refractivity contribution in [3.05, 3.63) is 35.9 Å². The van der Waals surface area contributed by atoms with Gasteiger partial charge in [0, 0.05) is 11.5 Å². The van der Waals surface area contributed by atoms with Crippen LogP contribution in [0.4, 0.5) is 0 Å². The average Bonchev–Trinajstić information content (AvgIpc) is 2.38. The van der Waals surface area contributed by atoms with E-state index in [1.165, 1.54) is 11.8 Å². The number of likely N-dealkylation sites (N-methyl/N-ethyl adjacent to an activating group) is 1. The van der Waals surface area contributed by atoms with E-state index in [0.717, 1.165) is 5.56 Å². The molecule has 0 fully saturated rings. The zero-order valence-electron chi connectivity index (χ0n) is 10.4. The molecule has 0 heterocycles. The normalized spacial score (nSPS) is 14.1. The number of carboxylic acids is 1. The molecule has 100 valence electrons. The van der Waals surface area contributed by atoms with E-state index in [-0.39, 0.29) is 6.61 Å². The molecule has 1 unspecified atom stereocenters. The lowest BCUT2D eigenvalue weighted by Gasteiger charge is -2.30. The minimum atomic E-state index is -1.09. The third kappa shape index (κ3) is 3.48. The second-order valence-electron chi connectivity index (χ2n) is 3.88. The van der Waals surface area contributed by atoms with Crippen LogP contribution in [0.1, 0.15) is 12.5 Å². The monoisotopic (exact) mass is 269 g/mol. The van der Waals surface area contributed by atoms with Crippen molar-refractivity contribution in [3.63, 3.8) is 0 Å². The van der Waals surface area contributed by atoms with Crippen molar-refractivity contribution < 1.29 is 15.0 Å². The second kappa shape index (κ2) is 7.41. The van der Waals surface area contributed by atoms with E-state index < -0.39 is 11.5 Å². The quantitative estimate of drug-likeness (QED) is 0.621. The first-order valence-electron chi connectivity index (χ1n) is 5.90. The highest BCUT2D eigenvalue weighted by atomic mass is 32.2. The Morgan fingerprint density at radius 1 is 1.39 bits per heavy atom. The number of hydrogen-bond acceptors (Lipinski definition) is 4. The molecule has 0 saturated heterocycles. The summed E-state index contributed by atoms with van der Waals surface area (Å²) in [7, 11) is 0. The maximum Gasteiger partial charge on any atom is 0.329 e. The molecule has 4 nitrogen and oxygen atoms in total. The molecular formula is C13H19NO3S. The molecule has 5 heteroatoms. The number of benzene rings is 1. The van der Waals surface area contributed by atoms with E-state index in [2.05, 4.69) is 5.32 Å². The number of aliphatic hydroxyl groups is 1. The van der Waals surface area contributed by atoms with Gasteiger partial charge in [-0.1, -0.05) is 37.3 Å². The van der Waals surface area contributed by atoms with Crippen LogP contribution in [0.25, 0.3) is 0 Å². The van der Waals surface area contributed by atoms with Crippen LogP contribution in [0.2, 0.25) is 0 Å². The minimum absolute atomic E-state index is 0.0568. The number of rotatable bonds is 8. The highest BCUT2D eigenvalue weighted by Gasteiger charge is 2.39. The van der Waals surface area contributed by atoms with Gasteiger partial charge in [0.15, 0.2) is 5.54 Å². The Labute approximate surface area is 111 Å². The summed E-state index contributed by atoms with van der Waals surface area (Å²) in [5.74, 6) is 0.0366. The van der Waals surface area contributed by atoms with Crippen molar-refractivity contribution in [1.82, 2.24) is 5.32 Å². The van der Waals surface area contributed by atoms with Crippen molar-refractivity contribution in [2.24, 2.45) is 0 Å². The number of nitrogens with one attached hydrogen (secondary N) is 1. The first-order valence-corrected chi connectivity index (χ1v) is 7.05. The highest BCUT2D eigenvalue weighted by Crippen LogP contribution is 2.26. The molecule has 0 amide bonds. The third-order valence-corrected chi connectivity index (χ3v) is 3.77. The molecule has 0 radical (unpaired) electrons. The highest BCUT2D eigenvalue weighted by molar-refractivity contribution is 7.99. The second-order valence-corrected chi connectivity index (χ2v) is 4.99. The number of aliphatic hydroxyl groups excluding tert-OH is 1. The molecule has 0 aromatic heterocycles. The fourth-order valence-electron chi connectivity index (χ4n) is 1.81. The van der Waals surface area contributed by atoms with Crippen molar-refractivity contribution in [1.29, 1.82) is 0 Å². The summed E-state index contributed by atoms with van der Waals surface area (Å²) in [6.07, 6.45) is 0. The van der Waals surface area contributed by atoms with Gasteiger partial charge in [-0.3, -0.25) is 5.32 Å². The lowest BCUT2D eigenvalue weighted by Crippen LogP contribution is -2.51. The van der Waals surface area contributed by atoms with E-state index in [1.807, 2.05) is 37.3 Å². The lowest BCUT2D eigenvalue weighted by molar-refractivity contribution is -0.144. The van der Waals surface area contributed by atoms with E-state index in [4.69, 9.17) is 5.11 Å². The van der Waals surface area contributed by atoms with Crippen LogP contribution >= 0.6 is 11.8 Å². The summed E-state index contributed by atoms with van der Waals surface area (Å²) in [4.78, 5) is 11.7. The molecule has 0 aliphatic rings. The van der Waals surface area contributed by atoms with Crippen molar-refractivity contribution in [2.45, 2.75) is 12.5 Å². The van der Waals surface area contributed by atoms with Crippen LogP contribution < -0.4 is 5.32 Å². The van der Waals surface area contributed by atoms with Gasteiger partial charge in [0.2, 0.25) is 0 Å². The maximum absolute atomic E-state index is 11.7. The number of carbonyl (C=O) groups is 1. The van der Waals surface area contributed by atoms with Crippen molar-refractivity contribution in [3.8, 4) is 0 Å². The summed E-state index contributed by atoms with van der Waals surface area (Å²) in [6, 6.07) is 9.16. The molecule has 0 aliphatic heterocycles. The maximum atomic E-state index is 11.7. The SMILES string of the molecule is CCNC(CSCCO)(C(=O)O)c1ccccc1. The zero-order valence-corrected chi connectivity index (χ0v) is 11.2. The molecular weight excluding hydrogens is 250 g/mol. The Hall–Kier alpha value is -1.04. The zero-order chi connectivity index (χ0) is 13.4. The van der Waals surface area contributed by atoms with Crippen LogP contribution in [0, 0.1) is 0 Å². The molecule has 0 saturated carbocycles. The minimum Gasteiger partial charge on any atom is -0.480 e. The number of thioether (sulfide) groups is 1. The summed E-state index contributed by atoms with van der Waals surface area (Å²) in [6.45, 7) is 2.51. The first-order chi connectivity index (χ1) is 8.67. The van der Waals surface area contributed by atoms with Gasteiger partial charge < -0.3 is 10.2 Å². The fourth-order valence-corrected chi connectivity index (χ4v) is 2.78. The van der Waals surface area contributed by atoms with Gasteiger partial charge in [-0.15, -0.1) is 0 Å². The first kappa shape index (κ1) is 15.0. The van der Waals surface area contributed by atoms with Crippen LogP contribution in [-0.4, -0.2) is 40.8 Å². The standard InChI is InChI=1S/C13H19NO3S/c1-2-14-13(12(16)17,10-18-9-8-15)11-6-4-3-5-7-11/h3-7,14-15H,2,8-10H2,1H3,(H,16,17). The Morgan fingerprint density at radius 3 is 2.56 bits per heavy atom. The van der Waals surface area contributed by atoms with Crippen LogP contribution in [-0.2, 0) is 10.3 Å². The Kier molecular flexibility index (Phi) is 6.18. The van der Waals surface area contributed by atoms with Crippen LogP contribution in [0.3, 0.4) is 0 Å². The van der Waals surface area contributed by atoms with Gasteiger partial charge in [-0.05, 0) is 12.1 Å². The molecule has 3 N–H and O–H groups in total. The van der Waals surface area contributed by atoms with Crippen molar-refractivity contribution >= 4 is 17.7 Å². The van der Waals surface area contributed by atoms with Gasteiger partial charge in [0.05, 0.1) is 6.61 Å². The number of aliphatic carboxylic acids is 1.